The summed E-state index contributed by atoms with van der Waals surface area (Å²) in [5.41, 5.74) is -2.21. The summed E-state index contributed by atoms with van der Waals surface area (Å²) >= 11 is 0. The number of rotatable bonds is 13. The summed E-state index contributed by atoms with van der Waals surface area (Å²) in [7, 11) is -1.38. The van der Waals surface area contributed by atoms with Gasteiger partial charge in [-0.2, -0.15) is 23.5 Å². The number of aromatic nitrogens is 3. The highest BCUT2D eigenvalue weighted by Gasteiger charge is 2.39. The molecule has 1 saturated heterocycles. The minimum Gasteiger partial charge on any atom is -0.491 e. The fourth-order valence-electron chi connectivity index (χ4n) is 4.18. The third kappa shape index (κ3) is 9.85. The van der Waals surface area contributed by atoms with Gasteiger partial charge in [-0.25, -0.2) is 9.67 Å². The van der Waals surface area contributed by atoms with E-state index in [2.05, 4.69) is 34.6 Å². The van der Waals surface area contributed by atoms with Gasteiger partial charge in [0.05, 0.1) is 18.4 Å². The van der Waals surface area contributed by atoms with Crippen LogP contribution in [0.4, 0.5) is 19.0 Å². The topological polar surface area (TPSA) is 114 Å². The van der Waals surface area contributed by atoms with Crippen molar-refractivity contribution in [3.63, 3.8) is 0 Å². The van der Waals surface area contributed by atoms with Crippen molar-refractivity contribution in [3.05, 3.63) is 46.0 Å². The third-order valence-corrected chi connectivity index (χ3v) is 8.33. The van der Waals surface area contributed by atoms with Crippen LogP contribution in [-0.2, 0) is 22.4 Å². The Bertz CT molecular complexity index is 1250. The average molecular weight is 595 g/mol. The second kappa shape index (κ2) is 14.4. The molecule has 1 amide bonds. The lowest BCUT2D eigenvalue weighted by atomic mass is 10.1. The first kappa shape index (κ1) is 32.1. The van der Waals surface area contributed by atoms with E-state index in [0.29, 0.717) is 68.7 Å². The van der Waals surface area contributed by atoms with E-state index in [0.717, 1.165) is 18.1 Å². The second-order valence-electron chi connectivity index (χ2n) is 11.1. The van der Waals surface area contributed by atoms with Crippen molar-refractivity contribution in [1.82, 2.24) is 19.7 Å². The monoisotopic (exact) mass is 594 g/mol. The molecule has 3 rings (SSSR count). The first-order valence-corrected chi connectivity index (χ1v) is 17.4. The molecule has 1 fully saturated rings. The molecule has 2 aromatic heterocycles. The van der Waals surface area contributed by atoms with Crippen LogP contribution in [0.1, 0.15) is 36.8 Å². The SMILES string of the molecule is C[Si](C)(C)CCOCn1ncc(OCCCCCC(=O)N2CCN(c3ccc(C#N)cn3)CC2)c(C(F)(F)F)c1=O. The molecule has 224 valence electrons. The maximum Gasteiger partial charge on any atom is 0.425 e. The van der Waals surface area contributed by atoms with Crippen LogP contribution in [0.3, 0.4) is 0 Å². The van der Waals surface area contributed by atoms with Gasteiger partial charge in [0.25, 0.3) is 5.56 Å². The number of nitriles is 1. The summed E-state index contributed by atoms with van der Waals surface area (Å²) in [6, 6.07) is 6.36. The highest BCUT2D eigenvalue weighted by atomic mass is 28.3. The zero-order valence-electron chi connectivity index (χ0n) is 23.7. The van der Waals surface area contributed by atoms with Gasteiger partial charge < -0.3 is 19.3 Å². The van der Waals surface area contributed by atoms with Crippen molar-refractivity contribution < 1.29 is 27.4 Å². The van der Waals surface area contributed by atoms with Crippen LogP contribution in [0, 0.1) is 11.3 Å². The van der Waals surface area contributed by atoms with Gasteiger partial charge in [0.1, 0.15) is 18.6 Å². The molecule has 0 aromatic carbocycles. The number of alkyl halides is 3. The molecule has 0 radical (unpaired) electrons. The van der Waals surface area contributed by atoms with Crippen LogP contribution >= 0.6 is 0 Å². The minimum absolute atomic E-state index is 0.0255. The Morgan fingerprint density at radius 3 is 2.41 bits per heavy atom. The van der Waals surface area contributed by atoms with Crippen LogP contribution in [0.5, 0.6) is 5.75 Å². The summed E-state index contributed by atoms with van der Waals surface area (Å²) < 4.78 is 52.3. The number of unbranched alkanes of at least 4 members (excludes halogenated alkanes) is 2. The van der Waals surface area contributed by atoms with E-state index in [9.17, 15) is 22.8 Å². The molecule has 10 nitrogen and oxygen atoms in total. The fraction of sp³-hybridized carbons (Fsp3) is 0.593. The average Bonchev–Trinajstić information content (AvgIpc) is 2.92. The molecule has 0 bridgehead atoms. The molecule has 0 spiro atoms. The number of pyridine rings is 1. The summed E-state index contributed by atoms with van der Waals surface area (Å²) in [6.45, 7) is 8.78. The number of nitrogens with zero attached hydrogens (tertiary/aromatic N) is 6. The Hall–Kier alpha value is -3.44. The predicted octanol–water partition coefficient (Wildman–Crippen LogP) is 4.13. The lowest BCUT2D eigenvalue weighted by Gasteiger charge is -2.35. The predicted molar refractivity (Wildman–Crippen MR) is 149 cm³/mol. The zero-order chi connectivity index (χ0) is 30.0. The molecule has 0 N–H and O–H groups in total. The number of anilines is 1. The number of piperazine rings is 1. The van der Waals surface area contributed by atoms with Gasteiger partial charge in [-0.3, -0.25) is 9.59 Å². The highest BCUT2D eigenvalue weighted by Crippen LogP contribution is 2.33. The maximum atomic E-state index is 13.7. The molecule has 14 heteroatoms. The largest absolute Gasteiger partial charge is 0.491 e. The smallest absolute Gasteiger partial charge is 0.425 e. The summed E-state index contributed by atoms with van der Waals surface area (Å²) in [5, 5.41) is 12.7. The third-order valence-electron chi connectivity index (χ3n) is 6.63. The van der Waals surface area contributed by atoms with E-state index in [-0.39, 0.29) is 19.2 Å². The molecule has 2 aromatic rings. The molecule has 1 aliphatic rings. The zero-order valence-corrected chi connectivity index (χ0v) is 24.7. The van der Waals surface area contributed by atoms with Crippen molar-refractivity contribution in [2.45, 2.75) is 64.3 Å². The van der Waals surface area contributed by atoms with Gasteiger partial charge in [0, 0.05) is 53.5 Å². The first-order valence-electron chi connectivity index (χ1n) is 13.7. The summed E-state index contributed by atoms with van der Waals surface area (Å²) in [5.74, 6) is 0.187. The number of hydrogen-bond donors (Lipinski definition) is 0. The molecule has 3 heterocycles. The number of ether oxygens (including phenoxy) is 2. The van der Waals surface area contributed by atoms with E-state index in [4.69, 9.17) is 14.7 Å². The van der Waals surface area contributed by atoms with Gasteiger partial charge in [-0.15, -0.1) is 0 Å². The Balaban J connectivity index is 1.40. The minimum atomic E-state index is -4.90. The standard InChI is InChI=1S/C27H37F3N6O4Si/c1-41(2,3)16-15-39-20-36-26(38)25(27(28,29)30)22(19-33-36)40-14-6-4-5-7-24(37)35-12-10-34(11-13-35)23-9-8-21(17-31)18-32-23/h8-9,18-19H,4-7,10-16,20H2,1-3H3. The number of carbonyl (C=O) groups excluding carboxylic acids is 1. The van der Waals surface area contributed by atoms with E-state index in [1.54, 1.807) is 17.0 Å². The van der Waals surface area contributed by atoms with E-state index in [1.807, 2.05) is 6.07 Å². The van der Waals surface area contributed by atoms with Gasteiger partial charge in [-0.05, 0) is 37.4 Å². The summed E-state index contributed by atoms with van der Waals surface area (Å²) in [4.78, 5) is 33.2. The first-order chi connectivity index (χ1) is 19.4. The number of amides is 1. The molecule has 0 atom stereocenters. The number of carbonyl (C=O) groups is 1. The van der Waals surface area contributed by atoms with Crippen LogP contribution < -0.4 is 15.2 Å². The quantitative estimate of drug-likeness (QED) is 0.251. The van der Waals surface area contributed by atoms with Crippen LogP contribution in [-0.4, -0.2) is 73.0 Å². The molecule has 0 saturated carbocycles. The van der Waals surface area contributed by atoms with Crippen molar-refractivity contribution >= 4 is 19.8 Å². The lowest BCUT2D eigenvalue weighted by molar-refractivity contribution is -0.140. The van der Waals surface area contributed by atoms with Gasteiger partial charge >= 0.3 is 6.18 Å². The van der Waals surface area contributed by atoms with Gasteiger partial charge in [-0.1, -0.05) is 19.6 Å². The van der Waals surface area contributed by atoms with E-state index < -0.39 is 31.1 Å². The highest BCUT2D eigenvalue weighted by molar-refractivity contribution is 6.76. The Morgan fingerprint density at radius 1 is 1.07 bits per heavy atom. The number of halogens is 3. The molecule has 41 heavy (non-hydrogen) atoms. The maximum absolute atomic E-state index is 13.7. The second-order valence-corrected chi connectivity index (χ2v) is 16.7. The van der Waals surface area contributed by atoms with Crippen LogP contribution in [0.2, 0.25) is 25.7 Å². The molecule has 0 unspecified atom stereocenters. The Labute approximate surface area is 238 Å². The fourth-order valence-corrected chi connectivity index (χ4v) is 4.94. The normalized spacial score (nSPS) is 14.2. The Kier molecular flexibility index (Phi) is 11.3. The van der Waals surface area contributed by atoms with Crippen LogP contribution in [0.15, 0.2) is 29.3 Å². The molecule has 0 aliphatic carbocycles. The van der Waals surface area contributed by atoms with E-state index in [1.165, 1.54) is 6.20 Å². The Morgan fingerprint density at radius 2 is 1.80 bits per heavy atom. The van der Waals surface area contributed by atoms with Crippen molar-refractivity contribution in [2.75, 3.05) is 44.3 Å². The molecular formula is C27H37F3N6O4Si. The lowest BCUT2D eigenvalue weighted by Crippen LogP contribution is -2.49. The molecular weight excluding hydrogens is 557 g/mol. The summed E-state index contributed by atoms with van der Waals surface area (Å²) in [6.07, 6.45) is -0.566. The number of hydrogen-bond acceptors (Lipinski definition) is 8. The molecule has 1 aliphatic heterocycles. The van der Waals surface area contributed by atoms with Crippen molar-refractivity contribution in [2.24, 2.45) is 0 Å². The van der Waals surface area contributed by atoms with Crippen molar-refractivity contribution in [3.8, 4) is 11.8 Å². The van der Waals surface area contributed by atoms with Gasteiger partial charge in [0.2, 0.25) is 5.91 Å². The van der Waals surface area contributed by atoms with Crippen molar-refractivity contribution in [1.29, 1.82) is 5.26 Å². The van der Waals surface area contributed by atoms with Crippen LogP contribution in [0.25, 0.3) is 0 Å². The van der Waals surface area contributed by atoms with Gasteiger partial charge in [0.15, 0.2) is 11.3 Å². The van der Waals surface area contributed by atoms with E-state index >= 15 is 0 Å².